The Morgan fingerprint density at radius 1 is 0.953 bits per heavy atom. The third-order valence-electron chi connectivity index (χ3n) is 8.02. The average Bonchev–Trinajstić information content (AvgIpc) is 2.99. The molecule has 43 heavy (non-hydrogen) atoms. The summed E-state index contributed by atoms with van der Waals surface area (Å²) in [4.78, 5) is 44.1. The number of carbonyl (C=O) groups is 3. The van der Waals surface area contributed by atoms with Crippen molar-refractivity contribution in [3.05, 3.63) is 81.6 Å². The van der Waals surface area contributed by atoms with E-state index in [-0.39, 0.29) is 40.1 Å². The summed E-state index contributed by atoms with van der Waals surface area (Å²) in [7, 11) is 1.37. The molecule has 11 nitrogen and oxygen atoms in total. The zero-order chi connectivity index (χ0) is 31.0. The highest BCUT2D eigenvalue weighted by atomic mass is 35.5. The molecule has 1 fully saturated rings. The fourth-order valence-corrected chi connectivity index (χ4v) is 5.92. The summed E-state index contributed by atoms with van der Waals surface area (Å²) >= 11 is 6.00. The Balaban J connectivity index is 1.44. The number of hydrogen-bond acceptors (Lipinski definition) is 8. The van der Waals surface area contributed by atoms with Crippen LogP contribution in [-0.2, 0) is 17.6 Å². The lowest BCUT2D eigenvalue weighted by Gasteiger charge is -2.45. The van der Waals surface area contributed by atoms with Crippen molar-refractivity contribution in [1.82, 2.24) is 15.3 Å². The van der Waals surface area contributed by atoms with E-state index in [4.69, 9.17) is 27.8 Å². The molecular weight excluding hydrogens is 572 g/mol. The summed E-state index contributed by atoms with van der Waals surface area (Å²) in [5, 5.41) is 12.2. The number of ether oxygens (including phenoxy) is 1. The number of carbonyl (C=O) groups excluding carboxylic acids is 2. The van der Waals surface area contributed by atoms with E-state index in [9.17, 15) is 19.5 Å². The molecule has 0 aliphatic carbocycles. The van der Waals surface area contributed by atoms with Crippen LogP contribution < -0.4 is 16.8 Å². The molecule has 1 aliphatic rings. The number of methoxy groups -OCH3 is 1. The van der Waals surface area contributed by atoms with Gasteiger partial charge < -0.3 is 31.1 Å². The van der Waals surface area contributed by atoms with E-state index in [0.29, 0.717) is 5.56 Å². The number of amides is 1. The molecule has 1 amide bonds. The number of nitrogen functional groups attached to an aromatic ring is 2. The lowest BCUT2D eigenvalue weighted by molar-refractivity contribution is -0.933. The summed E-state index contributed by atoms with van der Waals surface area (Å²) in [5.41, 5.74) is 14.6. The quantitative estimate of drug-likeness (QED) is 0.176. The first-order valence-electron chi connectivity index (χ1n) is 14.3. The van der Waals surface area contributed by atoms with Gasteiger partial charge in [-0.25, -0.2) is 19.6 Å². The number of halogens is 1. The molecule has 1 aromatic heterocycles. The summed E-state index contributed by atoms with van der Waals surface area (Å²) in [6.07, 6.45) is 5.28. The van der Waals surface area contributed by atoms with Gasteiger partial charge in [0.25, 0.3) is 5.91 Å². The Morgan fingerprint density at radius 3 is 2.09 bits per heavy atom. The van der Waals surface area contributed by atoms with Crippen molar-refractivity contribution in [3.63, 3.8) is 0 Å². The first-order chi connectivity index (χ1) is 20.6. The number of carboxylic acids is 1. The normalized spacial score (nSPS) is 18.1. The van der Waals surface area contributed by atoms with Crippen LogP contribution in [0.2, 0.25) is 5.15 Å². The number of anilines is 2. The molecule has 2 unspecified atom stereocenters. The number of hydrogen-bond donors (Lipinski definition) is 4. The molecule has 4 rings (SSSR count). The number of piperidine rings is 1. The Bertz CT molecular complexity index is 1450. The summed E-state index contributed by atoms with van der Waals surface area (Å²) in [6, 6.07) is 14.4. The number of carboxylic acid groups (broad SMARTS) is 1. The van der Waals surface area contributed by atoms with E-state index in [1.165, 1.54) is 7.11 Å². The van der Waals surface area contributed by atoms with Crippen molar-refractivity contribution in [2.24, 2.45) is 0 Å². The molecule has 2 heterocycles. The van der Waals surface area contributed by atoms with Crippen LogP contribution in [0.1, 0.15) is 68.0 Å². The maximum absolute atomic E-state index is 13.1. The van der Waals surface area contributed by atoms with Crippen LogP contribution in [0, 0.1) is 0 Å². The van der Waals surface area contributed by atoms with Gasteiger partial charge in [0.05, 0.1) is 50.5 Å². The van der Waals surface area contributed by atoms with Crippen LogP contribution in [0.5, 0.6) is 0 Å². The van der Waals surface area contributed by atoms with E-state index in [1.54, 1.807) is 24.3 Å². The van der Waals surface area contributed by atoms with Gasteiger partial charge in [-0.3, -0.25) is 4.79 Å². The van der Waals surface area contributed by atoms with Gasteiger partial charge in [-0.2, -0.15) is 0 Å². The Labute approximate surface area is 255 Å². The number of nitrogens with zero attached hydrogens (tertiary/aromatic N) is 3. The van der Waals surface area contributed by atoms with Crippen molar-refractivity contribution in [2.75, 3.05) is 44.8 Å². The maximum Gasteiger partial charge on any atom is 0.337 e. The van der Waals surface area contributed by atoms with Crippen molar-refractivity contribution in [1.29, 1.82) is 0 Å². The highest BCUT2D eigenvalue weighted by Crippen LogP contribution is 2.24. The van der Waals surface area contributed by atoms with Crippen LogP contribution in [-0.4, -0.2) is 76.7 Å². The first-order valence-corrected chi connectivity index (χ1v) is 14.7. The number of esters is 1. The van der Waals surface area contributed by atoms with Gasteiger partial charge in [0.1, 0.15) is 0 Å². The number of benzene rings is 2. The summed E-state index contributed by atoms with van der Waals surface area (Å²) < 4.78 is 5.63. The van der Waals surface area contributed by atoms with Crippen LogP contribution in [0.25, 0.3) is 0 Å². The monoisotopic (exact) mass is 609 g/mol. The Kier molecular flexibility index (Phi) is 10.5. The number of nitrogens with one attached hydrogen (secondary N) is 1. The van der Waals surface area contributed by atoms with Crippen LogP contribution in [0.3, 0.4) is 0 Å². The molecule has 6 N–H and O–H groups in total. The molecule has 2 aromatic carbocycles. The molecule has 1 saturated heterocycles. The molecule has 0 radical (unpaired) electrons. The molecule has 12 heteroatoms. The number of rotatable bonds is 12. The van der Waals surface area contributed by atoms with E-state index >= 15 is 0 Å². The van der Waals surface area contributed by atoms with E-state index in [2.05, 4.69) is 15.3 Å². The van der Waals surface area contributed by atoms with Gasteiger partial charge in [-0.05, 0) is 61.1 Å². The molecule has 228 valence electrons. The largest absolute Gasteiger partial charge is 0.478 e. The van der Waals surface area contributed by atoms with Gasteiger partial charge in [0, 0.05) is 12.8 Å². The van der Waals surface area contributed by atoms with Gasteiger partial charge in [0.15, 0.2) is 22.5 Å². The van der Waals surface area contributed by atoms with Crippen LogP contribution >= 0.6 is 11.6 Å². The average molecular weight is 610 g/mol. The number of likely N-dealkylation sites (tertiary alicyclic amines) is 1. The van der Waals surface area contributed by atoms with Crippen molar-refractivity contribution in [3.8, 4) is 0 Å². The highest BCUT2D eigenvalue weighted by molar-refractivity contribution is 6.31. The van der Waals surface area contributed by atoms with Gasteiger partial charge in [-0.15, -0.1) is 0 Å². The molecule has 0 spiro atoms. The molecule has 1 aliphatic heterocycles. The van der Waals surface area contributed by atoms with E-state index < -0.39 is 11.9 Å². The van der Waals surface area contributed by atoms with Crippen molar-refractivity contribution < 1.29 is 28.7 Å². The zero-order valence-electron chi connectivity index (χ0n) is 24.2. The SMILES string of the molecule is COC(=O)c1ccc(CCC[N+]2(CCCc3ccc(C(=O)O)cc3)CCCC(NC(=O)c3nc(Cl)c(N)nc3N)C2)cc1. The lowest BCUT2D eigenvalue weighted by Crippen LogP contribution is -2.60. The summed E-state index contributed by atoms with van der Waals surface area (Å²) in [5.74, 6) is -1.82. The number of aromatic nitrogens is 2. The minimum atomic E-state index is -0.939. The Hall–Kier alpha value is -4.22. The third kappa shape index (κ3) is 8.42. The fourth-order valence-electron chi connectivity index (χ4n) is 5.80. The second kappa shape index (κ2) is 14.3. The molecular formula is C31H38ClN6O5+. The number of nitrogens with two attached hydrogens (primary N) is 2. The standard InChI is InChI=1S/C31H37ClN6O5/c1-43-31(42)23-14-10-21(11-15-23)6-3-17-38(16-2-5-20-8-12-22(13-9-20)30(40)41)18-4-7-24(19-38)35-29(39)25-27(33)37-28(34)26(32)36-25/h8-15,24H,2-7,16-19H2,1H3,(H5-,33,34,35,37,39,40,41)/p+1. The van der Waals surface area contributed by atoms with Gasteiger partial charge >= 0.3 is 11.9 Å². The minimum absolute atomic E-state index is 0.0263. The zero-order valence-corrected chi connectivity index (χ0v) is 25.0. The second-order valence-corrected chi connectivity index (χ2v) is 11.4. The summed E-state index contributed by atoms with van der Waals surface area (Å²) in [6.45, 7) is 3.56. The topological polar surface area (TPSA) is 171 Å². The number of quaternary nitrogens is 1. The van der Waals surface area contributed by atoms with Crippen molar-refractivity contribution >= 4 is 41.1 Å². The second-order valence-electron chi connectivity index (χ2n) is 11.0. The van der Waals surface area contributed by atoms with Gasteiger partial charge in [-0.1, -0.05) is 35.9 Å². The smallest absolute Gasteiger partial charge is 0.337 e. The minimum Gasteiger partial charge on any atom is -0.478 e. The molecule has 2 atom stereocenters. The predicted molar refractivity (Wildman–Crippen MR) is 164 cm³/mol. The van der Waals surface area contributed by atoms with Gasteiger partial charge in [0.2, 0.25) is 0 Å². The molecule has 0 saturated carbocycles. The number of aryl methyl sites for hydroxylation is 2. The van der Waals surface area contributed by atoms with Crippen molar-refractivity contribution in [2.45, 2.75) is 44.6 Å². The third-order valence-corrected chi connectivity index (χ3v) is 8.30. The van der Waals surface area contributed by atoms with Crippen LogP contribution in [0.15, 0.2) is 48.5 Å². The number of aromatic carboxylic acids is 1. The predicted octanol–water partition coefficient (Wildman–Crippen LogP) is 3.75. The van der Waals surface area contributed by atoms with Crippen LogP contribution in [0.4, 0.5) is 11.6 Å². The van der Waals surface area contributed by atoms with E-state index in [0.717, 1.165) is 80.3 Å². The molecule has 0 bridgehead atoms. The maximum atomic E-state index is 13.1. The van der Waals surface area contributed by atoms with E-state index in [1.807, 2.05) is 24.3 Å². The first kappa shape index (κ1) is 31.7. The lowest BCUT2D eigenvalue weighted by atomic mass is 9.98. The fraction of sp³-hybridized carbons (Fsp3) is 0.387. The Morgan fingerprint density at radius 2 is 1.53 bits per heavy atom. The highest BCUT2D eigenvalue weighted by Gasteiger charge is 2.35. The molecule has 3 aromatic rings.